The minimum Gasteiger partial charge on any atom is -0.508 e. The van der Waals surface area contributed by atoms with E-state index in [4.69, 9.17) is 4.74 Å². The SMILES string of the molecule is C=CCn1c(-c2ccccc2)c(NC(=O)OC)sc1=NN=Cc1ccc(O)cc1. The normalized spacial score (nSPS) is 11.6. The summed E-state index contributed by atoms with van der Waals surface area (Å²) >= 11 is 1.29. The van der Waals surface area contributed by atoms with Crippen molar-refractivity contribution < 1.29 is 14.6 Å². The lowest BCUT2D eigenvalue weighted by molar-refractivity contribution is 0.187. The number of carbonyl (C=O) groups excluding carboxylic acids is 1. The molecule has 2 aromatic carbocycles. The van der Waals surface area contributed by atoms with Crippen molar-refractivity contribution >= 4 is 28.6 Å². The van der Waals surface area contributed by atoms with Crippen molar-refractivity contribution in [2.45, 2.75) is 6.54 Å². The van der Waals surface area contributed by atoms with Crippen LogP contribution in [-0.2, 0) is 11.3 Å². The maximum atomic E-state index is 11.8. The quantitative estimate of drug-likeness (QED) is 0.364. The molecule has 0 radical (unpaired) electrons. The number of nitrogens with one attached hydrogen (secondary N) is 1. The number of amides is 1. The van der Waals surface area contributed by atoms with Gasteiger partial charge in [-0.3, -0.25) is 5.32 Å². The molecule has 0 unspecified atom stereocenters. The predicted molar refractivity (Wildman–Crippen MR) is 115 cm³/mol. The first-order chi connectivity index (χ1) is 14.1. The molecule has 0 fully saturated rings. The molecule has 3 aromatic rings. The van der Waals surface area contributed by atoms with Crippen LogP contribution in [0.4, 0.5) is 9.80 Å². The fourth-order valence-corrected chi connectivity index (χ4v) is 3.61. The third-order valence-electron chi connectivity index (χ3n) is 3.91. The molecule has 3 rings (SSSR count). The molecule has 0 bridgehead atoms. The second kappa shape index (κ2) is 9.52. The molecule has 148 valence electrons. The number of phenolic OH excluding ortho intramolecular Hbond substituents is 1. The molecular formula is C21H20N4O3S. The van der Waals surface area contributed by atoms with E-state index >= 15 is 0 Å². The zero-order valence-corrected chi connectivity index (χ0v) is 16.6. The molecular weight excluding hydrogens is 388 g/mol. The van der Waals surface area contributed by atoms with Crippen LogP contribution in [0.15, 0.2) is 77.5 Å². The monoisotopic (exact) mass is 408 g/mol. The Hall–Kier alpha value is -3.65. The molecule has 2 N–H and O–H groups in total. The zero-order valence-electron chi connectivity index (χ0n) is 15.8. The molecule has 0 spiro atoms. The summed E-state index contributed by atoms with van der Waals surface area (Å²) in [5.74, 6) is 0.187. The van der Waals surface area contributed by atoms with E-state index < -0.39 is 6.09 Å². The van der Waals surface area contributed by atoms with Gasteiger partial charge in [0.15, 0.2) is 0 Å². The molecule has 1 amide bonds. The van der Waals surface area contributed by atoms with Gasteiger partial charge in [0.1, 0.15) is 10.8 Å². The molecule has 0 aliphatic heterocycles. The largest absolute Gasteiger partial charge is 0.508 e. The summed E-state index contributed by atoms with van der Waals surface area (Å²) < 4.78 is 6.67. The number of phenols is 1. The van der Waals surface area contributed by atoms with E-state index in [2.05, 4.69) is 22.1 Å². The van der Waals surface area contributed by atoms with Gasteiger partial charge in [-0.15, -0.1) is 11.7 Å². The Morgan fingerprint density at radius 2 is 1.97 bits per heavy atom. The van der Waals surface area contributed by atoms with Gasteiger partial charge in [-0.2, -0.15) is 5.10 Å². The number of hydrogen-bond acceptors (Lipinski definition) is 6. The Balaban J connectivity index is 2.09. The third-order valence-corrected chi connectivity index (χ3v) is 4.90. The number of thiazole rings is 1. The predicted octanol–water partition coefficient (Wildman–Crippen LogP) is 4.22. The van der Waals surface area contributed by atoms with Crippen LogP contribution in [-0.4, -0.2) is 29.1 Å². The Morgan fingerprint density at radius 3 is 2.62 bits per heavy atom. The fourth-order valence-electron chi connectivity index (χ4n) is 2.60. The third kappa shape index (κ3) is 4.99. The molecule has 1 aromatic heterocycles. The summed E-state index contributed by atoms with van der Waals surface area (Å²) in [5.41, 5.74) is 2.51. The van der Waals surface area contributed by atoms with Gasteiger partial charge in [0.2, 0.25) is 4.80 Å². The summed E-state index contributed by atoms with van der Waals surface area (Å²) in [7, 11) is 1.32. The van der Waals surface area contributed by atoms with Crippen LogP contribution < -0.4 is 10.1 Å². The number of carbonyl (C=O) groups is 1. The number of aromatic hydroxyl groups is 1. The lowest BCUT2D eigenvalue weighted by Crippen LogP contribution is -2.15. The van der Waals surface area contributed by atoms with E-state index in [-0.39, 0.29) is 5.75 Å². The smallest absolute Gasteiger partial charge is 0.412 e. The van der Waals surface area contributed by atoms with E-state index in [1.807, 2.05) is 34.9 Å². The van der Waals surface area contributed by atoms with Crippen molar-refractivity contribution in [1.82, 2.24) is 4.57 Å². The number of rotatable bonds is 6. The van der Waals surface area contributed by atoms with Crippen LogP contribution in [0.3, 0.4) is 0 Å². The Labute approximate surface area is 171 Å². The molecule has 8 heteroatoms. The standard InChI is InChI=1S/C21H20N4O3S/c1-3-13-25-18(16-7-5-4-6-8-16)19(23-21(27)28-2)29-20(25)24-22-14-15-9-11-17(26)12-10-15/h3-12,14,26H,1,13H2,2H3,(H,23,27). The first-order valence-corrected chi connectivity index (χ1v) is 9.55. The van der Waals surface area contributed by atoms with Gasteiger partial charge in [0.05, 0.1) is 19.0 Å². The summed E-state index contributed by atoms with van der Waals surface area (Å²) in [6.45, 7) is 4.31. The van der Waals surface area contributed by atoms with Gasteiger partial charge >= 0.3 is 6.09 Å². The second-order valence-electron chi connectivity index (χ2n) is 5.88. The maximum absolute atomic E-state index is 11.8. The van der Waals surface area contributed by atoms with Crippen molar-refractivity contribution in [3.63, 3.8) is 0 Å². The summed E-state index contributed by atoms with van der Waals surface area (Å²) in [4.78, 5) is 12.4. The number of aromatic nitrogens is 1. The molecule has 0 saturated heterocycles. The van der Waals surface area contributed by atoms with E-state index in [9.17, 15) is 9.90 Å². The Morgan fingerprint density at radius 1 is 1.24 bits per heavy atom. The van der Waals surface area contributed by atoms with E-state index in [0.29, 0.717) is 16.3 Å². The fraction of sp³-hybridized carbons (Fsp3) is 0.0952. The first kappa shape index (κ1) is 20.1. The number of anilines is 1. The second-order valence-corrected chi connectivity index (χ2v) is 6.86. The van der Waals surface area contributed by atoms with Crippen LogP contribution in [0.25, 0.3) is 11.3 Å². The molecule has 29 heavy (non-hydrogen) atoms. The Bertz CT molecular complexity index is 1080. The van der Waals surface area contributed by atoms with Gasteiger partial charge in [0, 0.05) is 12.1 Å². The van der Waals surface area contributed by atoms with Crippen LogP contribution in [0.5, 0.6) is 5.75 Å². The topological polar surface area (TPSA) is 88.2 Å². The highest BCUT2D eigenvalue weighted by atomic mass is 32.1. The van der Waals surface area contributed by atoms with Crippen molar-refractivity contribution in [2.75, 3.05) is 12.4 Å². The minimum absolute atomic E-state index is 0.187. The van der Waals surface area contributed by atoms with Crippen LogP contribution in [0, 0.1) is 0 Å². The maximum Gasteiger partial charge on any atom is 0.412 e. The highest BCUT2D eigenvalue weighted by molar-refractivity contribution is 7.14. The number of allylic oxidation sites excluding steroid dienone is 1. The molecule has 1 heterocycles. The lowest BCUT2D eigenvalue weighted by Gasteiger charge is -2.09. The highest BCUT2D eigenvalue weighted by Gasteiger charge is 2.17. The van der Waals surface area contributed by atoms with Crippen molar-refractivity contribution in [3.8, 4) is 17.0 Å². The van der Waals surface area contributed by atoms with Crippen LogP contribution >= 0.6 is 11.3 Å². The van der Waals surface area contributed by atoms with E-state index in [1.54, 1.807) is 36.6 Å². The Kier molecular flexibility index (Phi) is 6.59. The zero-order chi connectivity index (χ0) is 20.6. The van der Waals surface area contributed by atoms with Gasteiger partial charge in [-0.25, -0.2) is 4.79 Å². The molecule has 7 nitrogen and oxygen atoms in total. The molecule has 0 aliphatic carbocycles. The molecule has 0 aliphatic rings. The van der Waals surface area contributed by atoms with Crippen LogP contribution in [0.1, 0.15) is 5.56 Å². The van der Waals surface area contributed by atoms with E-state index in [1.165, 1.54) is 18.4 Å². The number of ether oxygens (including phenoxy) is 1. The minimum atomic E-state index is -0.562. The lowest BCUT2D eigenvalue weighted by atomic mass is 10.1. The van der Waals surface area contributed by atoms with Crippen molar-refractivity contribution in [2.24, 2.45) is 10.2 Å². The number of nitrogens with zero attached hydrogens (tertiary/aromatic N) is 3. The molecule has 0 atom stereocenters. The highest BCUT2D eigenvalue weighted by Crippen LogP contribution is 2.31. The number of hydrogen-bond donors (Lipinski definition) is 2. The summed E-state index contributed by atoms with van der Waals surface area (Å²) in [5, 5.41) is 21.2. The van der Waals surface area contributed by atoms with Crippen LogP contribution in [0.2, 0.25) is 0 Å². The van der Waals surface area contributed by atoms with Gasteiger partial charge < -0.3 is 14.4 Å². The first-order valence-electron chi connectivity index (χ1n) is 8.73. The number of methoxy groups -OCH3 is 1. The van der Waals surface area contributed by atoms with E-state index in [0.717, 1.165) is 16.8 Å². The van der Waals surface area contributed by atoms with Gasteiger partial charge in [-0.05, 0) is 29.8 Å². The average Bonchev–Trinajstić information content (AvgIpc) is 3.07. The van der Waals surface area contributed by atoms with Crippen molar-refractivity contribution in [3.05, 3.63) is 77.6 Å². The summed E-state index contributed by atoms with van der Waals surface area (Å²) in [6, 6.07) is 16.3. The average molecular weight is 408 g/mol. The number of benzene rings is 2. The summed E-state index contributed by atoms with van der Waals surface area (Å²) in [6.07, 6.45) is 2.78. The van der Waals surface area contributed by atoms with Gasteiger partial charge in [-0.1, -0.05) is 47.7 Å². The van der Waals surface area contributed by atoms with Crippen molar-refractivity contribution in [1.29, 1.82) is 0 Å². The van der Waals surface area contributed by atoms with Gasteiger partial charge in [0.25, 0.3) is 0 Å². The molecule has 0 saturated carbocycles.